The highest BCUT2D eigenvalue weighted by Gasteiger charge is 1.55. The summed E-state index contributed by atoms with van der Waals surface area (Å²) in [5.41, 5.74) is 0. The molecule has 0 aliphatic rings. The van der Waals surface area contributed by atoms with Crippen molar-refractivity contribution in [1.29, 1.82) is 0 Å². The fourth-order valence-electron chi connectivity index (χ4n) is 0.232. The Kier molecular flexibility index (Phi) is 31.6. The second kappa shape index (κ2) is 16.1. The molecule has 8 heavy (non-hydrogen) atoms. The van der Waals surface area contributed by atoms with Crippen LogP contribution < -0.4 is 12.3 Å². The SMILES string of the molecule is C=CC=CCC.N.N. The molecule has 0 saturated heterocycles. The Balaban J connectivity index is -0.000000125. The van der Waals surface area contributed by atoms with Crippen molar-refractivity contribution in [2.45, 2.75) is 13.3 Å². The van der Waals surface area contributed by atoms with E-state index in [1.807, 2.05) is 6.08 Å². The van der Waals surface area contributed by atoms with Gasteiger partial charge < -0.3 is 12.3 Å². The second-order valence-corrected chi connectivity index (χ2v) is 1.07. The molecule has 0 spiro atoms. The maximum absolute atomic E-state index is 3.51. The molecular weight excluding hydrogens is 100 g/mol. The van der Waals surface area contributed by atoms with Gasteiger partial charge in [-0.25, -0.2) is 0 Å². The quantitative estimate of drug-likeness (QED) is 0.544. The summed E-state index contributed by atoms with van der Waals surface area (Å²) in [5, 5.41) is 0. The van der Waals surface area contributed by atoms with Crippen LogP contribution in [0.15, 0.2) is 24.8 Å². The lowest BCUT2D eigenvalue weighted by Gasteiger charge is -1.67. The predicted octanol–water partition coefficient (Wildman–Crippen LogP) is 2.46. The van der Waals surface area contributed by atoms with Crippen molar-refractivity contribution in [1.82, 2.24) is 12.3 Å². The standard InChI is InChI=1S/C6H10.2H3N/c1-3-5-6-4-2;;/h3,5-6H,1,4H2,2H3;2*1H3. The van der Waals surface area contributed by atoms with Gasteiger partial charge in [0.15, 0.2) is 0 Å². The molecule has 0 aromatic heterocycles. The van der Waals surface area contributed by atoms with E-state index in [9.17, 15) is 0 Å². The number of hydrogen-bond donors (Lipinski definition) is 2. The molecule has 0 unspecified atom stereocenters. The van der Waals surface area contributed by atoms with Crippen molar-refractivity contribution in [2.75, 3.05) is 0 Å². The van der Waals surface area contributed by atoms with E-state index in [1.165, 1.54) is 0 Å². The summed E-state index contributed by atoms with van der Waals surface area (Å²) in [6, 6.07) is 0. The van der Waals surface area contributed by atoms with Gasteiger partial charge in [-0.05, 0) is 6.42 Å². The molecule has 0 aromatic carbocycles. The molecule has 0 aromatic rings. The summed E-state index contributed by atoms with van der Waals surface area (Å²) in [5.74, 6) is 0. The van der Waals surface area contributed by atoms with Gasteiger partial charge in [0.2, 0.25) is 0 Å². The molecule has 2 nitrogen and oxygen atoms in total. The molecule has 2 heteroatoms. The smallest absolute Gasteiger partial charge is 0.0376 e. The maximum atomic E-state index is 3.51. The van der Waals surface area contributed by atoms with Gasteiger partial charge in [0, 0.05) is 0 Å². The van der Waals surface area contributed by atoms with E-state index in [0.717, 1.165) is 6.42 Å². The molecule has 0 aliphatic heterocycles. The Bertz CT molecular complexity index is 57.5. The maximum Gasteiger partial charge on any atom is -0.0376 e. The van der Waals surface area contributed by atoms with Crippen molar-refractivity contribution < 1.29 is 0 Å². The first-order valence-corrected chi connectivity index (χ1v) is 2.19. The Labute approximate surface area is 51.5 Å². The van der Waals surface area contributed by atoms with Crippen LogP contribution >= 0.6 is 0 Å². The fourth-order valence-corrected chi connectivity index (χ4v) is 0.232. The summed E-state index contributed by atoms with van der Waals surface area (Å²) in [7, 11) is 0. The van der Waals surface area contributed by atoms with Crippen LogP contribution in [0.25, 0.3) is 0 Å². The van der Waals surface area contributed by atoms with Crippen LogP contribution in [0.5, 0.6) is 0 Å². The Morgan fingerprint density at radius 3 is 2.00 bits per heavy atom. The molecular formula is C6H16N2. The lowest BCUT2D eigenvalue weighted by atomic mass is 10.4. The zero-order valence-corrected chi connectivity index (χ0v) is 5.56. The average Bonchev–Trinajstić information content (AvgIpc) is 1.61. The normalized spacial score (nSPS) is 7.12. The van der Waals surface area contributed by atoms with Gasteiger partial charge in [0.05, 0.1) is 0 Å². The van der Waals surface area contributed by atoms with E-state index >= 15 is 0 Å². The molecule has 0 rings (SSSR count). The monoisotopic (exact) mass is 116 g/mol. The number of rotatable bonds is 2. The number of allylic oxidation sites excluding steroid dienone is 3. The first-order chi connectivity index (χ1) is 2.91. The minimum absolute atomic E-state index is 0. The third kappa shape index (κ3) is 18.2. The largest absolute Gasteiger partial charge is 0.344 e. The molecule has 0 amide bonds. The lowest BCUT2D eigenvalue weighted by Crippen LogP contribution is -1.46. The second-order valence-electron chi connectivity index (χ2n) is 1.07. The van der Waals surface area contributed by atoms with Gasteiger partial charge in [-0.15, -0.1) is 0 Å². The van der Waals surface area contributed by atoms with Gasteiger partial charge in [-0.2, -0.15) is 0 Å². The van der Waals surface area contributed by atoms with E-state index in [0.29, 0.717) is 0 Å². The molecule has 0 radical (unpaired) electrons. The van der Waals surface area contributed by atoms with E-state index < -0.39 is 0 Å². The summed E-state index contributed by atoms with van der Waals surface area (Å²) < 4.78 is 0. The van der Waals surface area contributed by atoms with Crippen LogP contribution in [-0.4, -0.2) is 0 Å². The number of hydrogen-bond acceptors (Lipinski definition) is 2. The minimum Gasteiger partial charge on any atom is -0.344 e. The third-order valence-electron chi connectivity index (χ3n) is 0.508. The molecule has 50 valence electrons. The highest BCUT2D eigenvalue weighted by Crippen LogP contribution is 1.76. The molecule has 0 bridgehead atoms. The topological polar surface area (TPSA) is 70.0 Å². The third-order valence-corrected chi connectivity index (χ3v) is 0.508. The van der Waals surface area contributed by atoms with E-state index in [-0.39, 0.29) is 12.3 Å². The first-order valence-electron chi connectivity index (χ1n) is 2.19. The van der Waals surface area contributed by atoms with Crippen molar-refractivity contribution in [3.8, 4) is 0 Å². The van der Waals surface area contributed by atoms with Crippen LogP contribution in [0.3, 0.4) is 0 Å². The van der Waals surface area contributed by atoms with Gasteiger partial charge in [-0.1, -0.05) is 31.7 Å². The summed E-state index contributed by atoms with van der Waals surface area (Å²) in [4.78, 5) is 0. The van der Waals surface area contributed by atoms with Crippen molar-refractivity contribution in [2.24, 2.45) is 0 Å². The average molecular weight is 116 g/mol. The lowest BCUT2D eigenvalue weighted by molar-refractivity contribution is 1.22. The van der Waals surface area contributed by atoms with Crippen LogP contribution in [0.2, 0.25) is 0 Å². The Hall–Kier alpha value is -0.600. The minimum atomic E-state index is 0. The first kappa shape index (κ1) is 15.7. The summed E-state index contributed by atoms with van der Waals surface area (Å²) in [6.07, 6.45) is 6.89. The molecule has 0 heterocycles. The van der Waals surface area contributed by atoms with Crippen molar-refractivity contribution >= 4 is 0 Å². The van der Waals surface area contributed by atoms with Gasteiger partial charge >= 0.3 is 0 Å². The van der Waals surface area contributed by atoms with Crippen molar-refractivity contribution in [3.63, 3.8) is 0 Å². The van der Waals surface area contributed by atoms with Crippen LogP contribution in [0, 0.1) is 0 Å². The highest BCUT2D eigenvalue weighted by molar-refractivity contribution is 4.96. The van der Waals surface area contributed by atoms with E-state index in [4.69, 9.17) is 0 Å². The fraction of sp³-hybridized carbons (Fsp3) is 0.333. The molecule has 0 fully saturated rings. The zero-order chi connectivity index (χ0) is 4.83. The van der Waals surface area contributed by atoms with E-state index in [1.54, 1.807) is 6.08 Å². The van der Waals surface area contributed by atoms with Gasteiger partial charge in [0.1, 0.15) is 0 Å². The summed E-state index contributed by atoms with van der Waals surface area (Å²) >= 11 is 0. The van der Waals surface area contributed by atoms with Gasteiger partial charge in [-0.3, -0.25) is 0 Å². The highest BCUT2D eigenvalue weighted by atomic mass is 14.0. The Morgan fingerprint density at radius 1 is 1.38 bits per heavy atom. The molecule has 6 N–H and O–H groups in total. The molecule has 0 aliphatic carbocycles. The van der Waals surface area contributed by atoms with Crippen LogP contribution in [0.4, 0.5) is 0 Å². The van der Waals surface area contributed by atoms with Crippen LogP contribution in [-0.2, 0) is 0 Å². The zero-order valence-electron chi connectivity index (χ0n) is 5.56. The van der Waals surface area contributed by atoms with Crippen molar-refractivity contribution in [3.05, 3.63) is 24.8 Å². The van der Waals surface area contributed by atoms with Crippen LogP contribution in [0.1, 0.15) is 13.3 Å². The molecule has 0 saturated carbocycles. The van der Waals surface area contributed by atoms with Gasteiger partial charge in [0.25, 0.3) is 0 Å². The van der Waals surface area contributed by atoms with E-state index in [2.05, 4.69) is 19.6 Å². The summed E-state index contributed by atoms with van der Waals surface area (Å²) in [6.45, 7) is 5.61. The Morgan fingerprint density at radius 2 is 1.88 bits per heavy atom. The molecule has 0 atom stereocenters. The predicted molar refractivity (Wildman–Crippen MR) is 39.7 cm³/mol.